The number of hydrogen-bond donors (Lipinski definition) is 3. The molecule has 0 bridgehead atoms. The third-order valence-corrected chi connectivity index (χ3v) is 6.18. The lowest BCUT2D eigenvalue weighted by atomic mass is 10.1. The fraction of sp³-hybridized carbons (Fsp3) is 0.423. The first kappa shape index (κ1) is 24.4. The first-order valence-corrected chi connectivity index (χ1v) is 12.2. The van der Waals surface area contributed by atoms with Crippen molar-refractivity contribution >= 4 is 40.5 Å². The molecule has 4 rings (SSSR count). The molecule has 1 aromatic carbocycles. The molecule has 1 aliphatic rings. The van der Waals surface area contributed by atoms with Crippen LogP contribution in [0, 0.1) is 5.41 Å². The maximum atomic E-state index is 12.1. The number of carbonyl (C=O) groups is 1. The van der Waals surface area contributed by atoms with Gasteiger partial charge in [-0.15, -0.1) is 0 Å². The Hall–Kier alpha value is -3.75. The average molecular weight is 475 g/mol. The van der Waals surface area contributed by atoms with E-state index in [9.17, 15) is 4.79 Å². The van der Waals surface area contributed by atoms with Crippen LogP contribution in [0.5, 0.6) is 0 Å². The minimum Gasteiger partial charge on any atom is -0.378 e. The van der Waals surface area contributed by atoms with E-state index in [-0.39, 0.29) is 18.0 Å². The van der Waals surface area contributed by atoms with Gasteiger partial charge in [0.25, 0.3) is 0 Å². The van der Waals surface area contributed by atoms with Gasteiger partial charge in [-0.3, -0.25) is 9.78 Å². The molecule has 0 radical (unpaired) electrons. The van der Waals surface area contributed by atoms with Gasteiger partial charge in [0.2, 0.25) is 11.9 Å². The van der Waals surface area contributed by atoms with Gasteiger partial charge in [0.15, 0.2) is 5.82 Å². The molecule has 1 aliphatic heterocycles. The molecule has 9 heteroatoms. The van der Waals surface area contributed by atoms with Crippen molar-refractivity contribution in [1.82, 2.24) is 19.9 Å². The summed E-state index contributed by atoms with van der Waals surface area (Å²) in [6, 6.07) is 10.3. The maximum Gasteiger partial charge on any atom is 0.228 e. The third kappa shape index (κ3) is 5.50. The number of pyridine rings is 1. The van der Waals surface area contributed by atoms with E-state index in [0.717, 1.165) is 16.5 Å². The zero-order valence-corrected chi connectivity index (χ0v) is 20.9. The smallest absolute Gasteiger partial charge is 0.228 e. The van der Waals surface area contributed by atoms with E-state index in [2.05, 4.69) is 39.6 Å². The number of fused-ring (bicyclic) bond motifs is 1. The molecule has 0 spiro atoms. The summed E-state index contributed by atoms with van der Waals surface area (Å²) in [6.45, 7) is 10.7. The molecule has 2 aromatic heterocycles. The fourth-order valence-electron chi connectivity index (χ4n) is 4.24. The molecule has 3 aromatic rings. The van der Waals surface area contributed by atoms with Gasteiger partial charge in [-0.1, -0.05) is 25.1 Å². The number of benzene rings is 1. The van der Waals surface area contributed by atoms with Gasteiger partial charge in [0.1, 0.15) is 11.4 Å². The highest BCUT2D eigenvalue weighted by atomic mass is 16.2. The Kier molecular flexibility index (Phi) is 7.43. The highest BCUT2D eigenvalue weighted by Crippen LogP contribution is 2.30. The summed E-state index contributed by atoms with van der Waals surface area (Å²) < 4.78 is 0. The Bertz CT molecular complexity index is 1200. The molecular formula is C26H34N8O. The summed E-state index contributed by atoms with van der Waals surface area (Å²) in [6.07, 6.45) is 3.67. The van der Waals surface area contributed by atoms with Crippen LogP contribution in [-0.4, -0.2) is 64.2 Å². The second-order valence-electron chi connectivity index (χ2n) is 9.12. The number of hydrogen-bond acceptors (Lipinski definition) is 8. The highest BCUT2D eigenvalue weighted by Gasteiger charge is 2.24. The molecule has 1 amide bonds. The Morgan fingerprint density at radius 1 is 1.11 bits per heavy atom. The number of carbonyl (C=O) groups excluding carboxylic acids is 1. The van der Waals surface area contributed by atoms with E-state index in [0.29, 0.717) is 55.7 Å². The Morgan fingerprint density at radius 3 is 2.54 bits per heavy atom. The van der Waals surface area contributed by atoms with Crippen LogP contribution in [0.2, 0.25) is 0 Å². The minimum absolute atomic E-state index is 0.0693. The molecule has 1 saturated heterocycles. The quantitative estimate of drug-likeness (QED) is 0.422. The number of para-hydroxylation sites is 1. The van der Waals surface area contributed by atoms with Crippen molar-refractivity contribution in [3.8, 4) is 0 Å². The highest BCUT2D eigenvalue weighted by molar-refractivity contribution is 5.89. The Balaban J connectivity index is 1.64. The molecule has 35 heavy (non-hydrogen) atoms. The molecule has 0 saturated carbocycles. The Labute approximate surface area is 206 Å². The lowest BCUT2D eigenvalue weighted by Gasteiger charge is -2.35. The van der Waals surface area contributed by atoms with Gasteiger partial charge in [0, 0.05) is 56.4 Å². The van der Waals surface area contributed by atoms with Crippen LogP contribution in [0.1, 0.15) is 51.4 Å². The predicted octanol–water partition coefficient (Wildman–Crippen LogP) is 4.07. The zero-order valence-electron chi connectivity index (χ0n) is 20.9. The molecule has 0 aliphatic carbocycles. The predicted molar refractivity (Wildman–Crippen MR) is 142 cm³/mol. The van der Waals surface area contributed by atoms with Gasteiger partial charge in [-0.05, 0) is 38.5 Å². The van der Waals surface area contributed by atoms with Crippen LogP contribution in [0.15, 0.2) is 36.5 Å². The van der Waals surface area contributed by atoms with Crippen LogP contribution >= 0.6 is 0 Å². The SMILES string of the molecule is CCC(=O)N1CCN(c2nc(C=N)c(NC(C)C)c(N[C@H](C)c3cnc4ccccc4c3)n2)CC1. The number of nitrogens with zero attached hydrogens (tertiary/aromatic N) is 5. The third-order valence-electron chi connectivity index (χ3n) is 6.18. The average Bonchev–Trinajstić information content (AvgIpc) is 2.88. The van der Waals surface area contributed by atoms with Gasteiger partial charge in [-0.2, -0.15) is 4.98 Å². The lowest BCUT2D eigenvalue weighted by Crippen LogP contribution is -2.49. The number of amides is 1. The molecule has 1 atom stereocenters. The molecule has 9 nitrogen and oxygen atoms in total. The van der Waals surface area contributed by atoms with Crippen molar-refractivity contribution in [2.75, 3.05) is 41.7 Å². The monoisotopic (exact) mass is 474 g/mol. The van der Waals surface area contributed by atoms with Crippen molar-refractivity contribution < 1.29 is 4.79 Å². The van der Waals surface area contributed by atoms with Crippen molar-refractivity contribution in [1.29, 1.82) is 5.41 Å². The topological polar surface area (TPSA) is 110 Å². The normalized spacial score (nSPS) is 14.8. The molecule has 3 N–H and O–H groups in total. The minimum atomic E-state index is -0.0693. The van der Waals surface area contributed by atoms with E-state index in [1.54, 1.807) is 0 Å². The number of piperazine rings is 1. The Morgan fingerprint density at radius 2 is 1.86 bits per heavy atom. The number of nitrogens with one attached hydrogen (secondary N) is 3. The van der Waals surface area contributed by atoms with E-state index < -0.39 is 0 Å². The molecule has 3 heterocycles. The van der Waals surface area contributed by atoms with Gasteiger partial charge < -0.3 is 25.8 Å². The molecular weight excluding hydrogens is 440 g/mol. The summed E-state index contributed by atoms with van der Waals surface area (Å²) in [7, 11) is 0. The van der Waals surface area contributed by atoms with Crippen LogP contribution in [0.4, 0.5) is 17.5 Å². The van der Waals surface area contributed by atoms with Gasteiger partial charge >= 0.3 is 0 Å². The number of anilines is 3. The van der Waals surface area contributed by atoms with E-state index in [1.807, 2.05) is 50.1 Å². The van der Waals surface area contributed by atoms with Crippen molar-refractivity contribution in [3.63, 3.8) is 0 Å². The van der Waals surface area contributed by atoms with Crippen LogP contribution in [-0.2, 0) is 4.79 Å². The standard InChI is InChI=1S/C26H34N8O/c1-5-23(35)33-10-12-34(13-11-33)26-31-22(15-27)24(29-17(2)3)25(32-26)30-18(4)20-14-19-8-6-7-9-21(19)28-16-20/h6-9,14-18,27,29H,5,10-13H2,1-4H3,(H,30,31,32)/t18-/m1/s1. The molecule has 0 unspecified atom stereocenters. The maximum absolute atomic E-state index is 12.1. The van der Waals surface area contributed by atoms with Crippen LogP contribution in [0.25, 0.3) is 10.9 Å². The van der Waals surface area contributed by atoms with E-state index >= 15 is 0 Å². The van der Waals surface area contributed by atoms with E-state index in [1.165, 1.54) is 6.21 Å². The van der Waals surface area contributed by atoms with Crippen molar-refractivity contribution in [2.24, 2.45) is 0 Å². The summed E-state index contributed by atoms with van der Waals surface area (Å²) in [5.41, 5.74) is 3.24. The summed E-state index contributed by atoms with van der Waals surface area (Å²) in [5.74, 6) is 1.38. The van der Waals surface area contributed by atoms with Crippen molar-refractivity contribution in [3.05, 3.63) is 47.8 Å². The second kappa shape index (κ2) is 10.7. The van der Waals surface area contributed by atoms with Crippen LogP contribution in [0.3, 0.4) is 0 Å². The van der Waals surface area contributed by atoms with E-state index in [4.69, 9.17) is 15.4 Å². The zero-order chi connectivity index (χ0) is 24.9. The first-order valence-electron chi connectivity index (χ1n) is 12.2. The first-order chi connectivity index (χ1) is 16.9. The van der Waals surface area contributed by atoms with Gasteiger partial charge in [0.05, 0.1) is 11.6 Å². The van der Waals surface area contributed by atoms with Crippen molar-refractivity contribution in [2.45, 2.75) is 46.2 Å². The summed E-state index contributed by atoms with van der Waals surface area (Å²) in [5, 5.41) is 16.1. The fourth-order valence-corrected chi connectivity index (χ4v) is 4.24. The molecule has 184 valence electrons. The summed E-state index contributed by atoms with van der Waals surface area (Å²) in [4.78, 5) is 30.2. The number of aromatic nitrogens is 3. The van der Waals surface area contributed by atoms with Gasteiger partial charge in [-0.25, -0.2) is 4.98 Å². The van der Waals surface area contributed by atoms with Crippen LogP contribution < -0.4 is 15.5 Å². The number of rotatable bonds is 8. The molecule has 1 fully saturated rings. The lowest BCUT2D eigenvalue weighted by molar-refractivity contribution is -0.131. The largest absolute Gasteiger partial charge is 0.378 e. The summed E-state index contributed by atoms with van der Waals surface area (Å²) >= 11 is 0. The second-order valence-corrected chi connectivity index (χ2v) is 9.12.